The molecule has 1 aliphatic heterocycles. The van der Waals surface area contributed by atoms with Gasteiger partial charge in [0.2, 0.25) is 0 Å². The minimum absolute atomic E-state index is 0.134. The van der Waals surface area contributed by atoms with Crippen molar-refractivity contribution in [2.45, 2.75) is 6.54 Å². The number of rotatable bonds is 5. The molecule has 0 aliphatic carbocycles. The average Bonchev–Trinajstić information content (AvgIpc) is 3.51. The maximum atomic E-state index is 13.4. The van der Waals surface area contributed by atoms with E-state index in [-0.39, 0.29) is 11.5 Å². The van der Waals surface area contributed by atoms with E-state index in [1.165, 1.54) is 4.68 Å². The summed E-state index contributed by atoms with van der Waals surface area (Å²) in [5, 5.41) is 8.64. The lowest BCUT2D eigenvalue weighted by Crippen LogP contribution is -2.36. The molecule has 0 unspecified atom stereocenters. The van der Waals surface area contributed by atoms with Crippen LogP contribution in [0.5, 0.6) is 0 Å². The molecule has 0 radical (unpaired) electrons. The van der Waals surface area contributed by atoms with Crippen molar-refractivity contribution < 1.29 is 9.53 Å². The number of aromatic nitrogens is 3. The van der Waals surface area contributed by atoms with Gasteiger partial charge < -0.3 is 14.2 Å². The van der Waals surface area contributed by atoms with Crippen LogP contribution in [0.25, 0.3) is 11.3 Å². The molecule has 8 heteroatoms. The fraction of sp³-hybridized carbons (Fsp3) is 0.208. The molecule has 162 valence electrons. The van der Waals surface area contributed by atoms with Crippen LogP contribution >= 0.6 is 11.3 Å². The standard InChI is InChI=1S/C24H22N4O3S/c29-23(19-5-2-1-3-6-19)28-16-21(26-10-12-31-13-11-26)22(25-28)20-7-4-9-27(24(20)30)15-18-8-14-32-17-18/h1-9,14,16-17H,10-13,15H2. The van der Waals surface area contributed by atoms with Gasteiger partial charge in [-0.25, -0.2) is 4.68 Å². The van der Waals surface area contributed by atoms with Gasteiger partial charge in [0.05, 0.1) is 37.2 Å². The van der Waals surface area contributed by atoms with Gasteiger partial charge in [-0.1, -0.05) is 18.2 Å². The Hall–Kier alpha value is -3.49. The summed E-state index contributed by atoms with van der Waals surface area (Å²) in [6.45, 7) is 3.03. The summed E-state index contributed by atoms with van der Waals surface area (Å²) in [6, 6.07) is 14.7. The van der Waals surface area contributed by atoms with Crippen LogP contribution in [0.1, 0.15) is 15.9 Å². The topological polar surface area (TPSA) is 69.4 Å². The molecule has 32 heavy (non-hydrogen) atoms. The fourth-order valence-electron chi connectivity index (χ4n) is 3.83. The molecule has 1 fully saturated rings. The second-order valence-corrected chi connectivity index (χ2v) is 8.34. The SMILES string of the molecule is O=C(c1ccccc1)n1cc(N2CCOCC2)c(-c2cccn(Cc3ccsc3)c2=O)n1. The Morgan fingerprint density at radius 2 is 1.88 bits per heavy atom. The number of ether oxygens (including phenoxy) is 1. The van der Waals surface area contributed by atoms with Crippen LogP contribution < -0.4 is 10.5 Å². The van der Waals surface area contributed by atoms with Crippen molar-refractivity contribution in [3.05, 3.63) is 93.2 Å². The van der Waals surface area contributed by atoms with Crippen LogP contribution in [0, 0.1) is 0 Å². The Labute approximate surface area is 189 Å². The van der Waals surface area contributed by atoms with Crippen LogP contribution in [0.2, 0.25) is 0 Å². The third-order valence-electron chi connectivity index (χ3n) is 5.48. The zero-order chi connectivity index (χ0) is 21.9. The van der Waals surface area contributed by atoms with Gasteiger partial charge in [-0.3, -0.25) is 9.59 Å². The molecule has 0 N–H and O–H groups in total. The van der Waals surface area contributed by atoms with Crippen molar-refractivity contribution >= 4 is 22.9 Å². The lowest BCUT2D eigenvalue weighted by molar-refractivity contribution is 0.0945. The van der Waals surface area contributed by atoms with E-state index in [9.17, 15) is 9.59 Å². The molecule has 0 bridgehead atoms. The molecule has 4 heterocycles. The highest BCUT2D eigenvalue weighted by atomic mass is 32.1. The van der Waals surface area contributed by atoms with Gasteiger partial charge in [0, 0.05) is 24.8 Å². The van der Waals surface area contributed by atoms with E-state index in [1.807, 2.05) is 41.1 Å². The number of carbonyl (C=O) groups excluding carboxylic acids is 1. The molecule has 3 aromatic heterocycles. The first-order valence-electron chi connectivity index (χ1n) is 10.4. The molecule has 0 atom stereocenters. The van der Waals surface area contributed by atoms with Crippen LogP contribution in [0.3, 0.4) is 0 Å². The van der Waals surface area contributed by atoms with E-state index in [1.54, 1.807) is 46.5 Å². The second kappa shape index (κ2) is 8.94. The maximum absolute atomic E-state index is 13.4. The van der Waals surface area contributed by atoms with Gasteiger partial charge in [0.25, 0.3) is 11.5 Å². The number of carbonyl (C=O) groups is 1. The van der Waals surface area contributed by atoms with Gasteiger partial charge >= 0.3 is 0 Å². The first-order valence-corrected chi connectivity index (χ1v) is 11.4. The largest absolute Gasteiger partial charge is 0.378 e. The Bertz CT molecular complexity index is 1270. The van der Waals surface area contributed by atoms with Crippen molar-refractivity contribution in [2.24, 2.45) is 0 Å². The summed E-state index contributed by atoms with van der Waals surface area (Å²) in [6.07, 6.45) is 3.51. The van der Waals surface area contributed by atoms with E-state index >= 15 is 0 Å². The van der Waals surface area contributed by atoms with Crippen molar-refractivity contribution in [2.75, 3.05) is 31.2 Å². The third kappa shape index (κ3) is 4.02. The zero-order valence-corrected chi connectivity index (χ0v) is 18.2. The highest BCUT2D eigenvalue weighted by Crippen LogP contribution is 2.29. The monoisotopic (exact) mass is 446 g/mol. The van der Waals surface area contributed by atoms with Gasteiger partial charge in [-0.05, 0) is 46.7 Å². The molecule has 1 saturated heterocycles. The maximum Gasteiger partial charge on any atom is 0.278 e. The number of morpholine rings is 1. The number of hydrogen-bond donors (Lipinski definition) is 0. The smallest absolute Gasteiger partial charge is 0.278 e. The molecule has 1 aromatic carbocycles. The van der Waals surface area contributed by atoms with Crippen LogP contribution in [0.15, 0.2) is 76.5 Å². The number of anilines is 1. The highest BCUT2D eigenvalue weighted by molar-refractivity contribution is 7.07. The summed E-state index contributed by atoms with van der Waals surface area (Å²) in [4.78, 5) is 28.6. The molecule has 0 spiro atoms. The summed E-state index contributed by atoms with van der Waals surface area (Å²) < 4.78 is 8.51. The Morgan fingerprint density at radius 1 is 1.06 bits per heavy atom. The zero-order valence-electron chi connectivity index (χ0n) is 17.4. The van der Waals surface area contributed by atoms with E-state index in [2.05, 4.69) is 10.00 Å². The van der Waals surface area contributed by atoms with Crippen LogP contribution in [0.4, 0.5) is 5.69 Å². The molecule has 5 rings (SSSR count). The van der Waals surface area contributed by atoms with E-state index in [4.69, 9.17) is 4.74 Å². The Balaban J connectivity index is 1.59. The molecular formula is C24H22N4O3S. The highest BCUT2D eigenvalue weighted by Gasteiger charge is 2.24. The number of thiophene rings is 1. The predicted octanol–water partition coefficient (Wildman–Crippen LogP) is 3.35. The minimum Gasteiger partial charge on any atom is -0.378 e. The van der Waals surface area contributed by atoms with Gasteiger partial charge in [-0.2, -0.15) is 16.4 Å². The number of pyridine rings is 1. The van der Waals surface area contributed by atoms with Crippen molar-refractivity contribution in [3.63, 3.8) is 0 Å². The van der Waals surface area contributed by atoms with E-state index in [0.29, 0.717) is 49.7 Å². The van der Waals surface area contributed by atoms with Crippen LogP contribution in [-0.2, 0) is 11.3 Å². The predicted molar refractivity (Wildman–Crippen MR) is 125 cm³/mol. The molecule has 7 nitrogen and oxygen atoms in total. The first kappa shape index (κ1) is 20.4. The van der Waals surface area contributed by atoms with Crippen molar-refractivity contribution in [3.8, 4) is 11.3 Å². The number of nitrogens with zero attached hydrogens (tertiary/aromatic N) is 4. The second-order valence-electron chi connectivity index (χ2n) is 7.56. The molecule has 0 amide bonds. The molecular weight excluding hydrogens is 424 g/mol. The Kier molecular flexibility index (Phi) is 5.70. The van der Waals surface area contributed by atoms with Crippen LogP contribution in [-0.4, -0.2) is 46.6 Å². The summed E-state index contributed by atoms with van der Waals surface area (Å²) in [5.41, 5.74) is 3.24. The van der Waals surface area contributed by atoms with Gasteiger partial charge in [0.1, 0.15) is 5.69 Å². The van der Waals surface area contributed by atoms with Gasteiger partial charge in [-0.15, -0.1) is 0 Å². The molecule has 1 aliphatic rings. The molecule has 0 saturated carbocycles. The first-order chi connectivity index (χ1) is 15.7. The molecule has 4 aromatic rings. The normalized spacial score (nSPS) is 13.9. The van der Waals surface area contributed by atoms with Gasteiger partial charge in [0.15, 0.2) is 0 Å². The quantitative estimate of drug-likeness (QED) is 0.470. The summed E-state index contributed by atoms with van der Waals surface area (Å²) >= 11 is 1.60. The summed E-state index contributed by atoms with van der Waals surface area (Å²) in [7, 11) is 0. The van der Waals surface area contributed by atoms with Crippen molar-refractivity contribution in [1.29, 1.82) is 0 Å². The lowest BCUT2D eigenvalue weighted by atomic mass is 10.1. The average molecular weight is 447 g/mol. The number of benzene rings is 1. The van der Waals surface area contributed by atoms with Crippen molar-refractivity contribution in [1.82, 2.24) is 14.3 Å². The lowest BCUT2D eigenvalue weighted by Gasteiger charge is -2.28. The summed E-state index contributed by atoms with van der Waals surface area (Å²) in [5.74, 6) is -0.235. The fourth-order valence-corrected chi connectivity index (χ4v) is 4.49. The van der Waals surface area contributed by atoms with E-state index < -0.39 is 0 Å². The minimum atomic E-state index is -0.235. The number of hydrogen-bond acceptors (Lipinski definition) is 6. The third-order valence-corrected chi connectivity index (χ3v) is 6.22. The van der Waals surface area contributed by atoms with E-state index in [0.717, 1.165) is 11.3 Å². The Morgan fingerprint density at radius 3 is 2.62 bits per heavy atom.